The standard InChI is InChI=1S/C19H23N3O2S/c1-19(10-8-16(23)21-19)11-9-17(24)22-12-4-6-14(22)18-20-13-5-2-3-7-15(13)25-18/h2-3,5,7,14H,4,6,8-12H2,1H3,(H,21,23)/t14-,19+/m1/s1. The summed E-state index contributed by atoms with van der Waals surface area (Å²) in [7, 11) is 0. The molecule has 25 heavy (non-hydrogen) atoms. The van der Waals surface area contributed by atoms with E-state index in [-0.39, 0.29) is 23.4 Å². The Morgan fingerprint density at radius 2 is 2.28 bits per heavy atom. The van der Waals surface area contributed by atoms with Crippen molar-refractivity contribution >= 4 is 33.4 Å². The second kappa shape index (κ2) is 6.41. The molecule has 2 amide bonds. The van der Waals surface area contributed by atoms with Crippen LogP contribution < -0.4 is 5.32 Å². The van der Waals surface area contributed by atoms with Gasteiger partial charge in [-0.15, -0.1) is 11.3 Å². The molecule has 1 aromatic heterocycles. The number of rotatable bonds is 4. The number of thiazole rings is 1. The van der Waals surface area contributed by atoms with Gasteiger partial charge in [-0.3, -0.25) is 9.59 Å². The summed E-state index contributed by atoms with van der Waals surface area (Å²) in [6.07, 6.45) is 4.60. The third-order valence-electron chi connectivity index (χ3n) is 5.40. The Labute approximate surface area is 151 Å². The second-order valence-electron chi connectivity index (χ2n) is 7.37. The molecule has 0 saturated carbocycles. The van der Waals surface area contributed by atoms with Crippen molar-refractivity contribution in [3.05, 3.63) is 29.3 Å². The normalized spacial score (nSPS) is 26.4. The molecule has 4 rings (SSSR count). The number of hydrogen-bond donors (Lipinski definition) is 1. The highest BCUT2D eigenvalue weighted by molar-refractivity contribution is 7.18. The van der Waals surface area contributed by atoms with Gasteiger partial charge < -0.3 is 10.2 Å². The molecular weight excluding hydrogens is 334 g/mol. The predicted molar refractivity (Wildman–Crippen MR) is 98.3 cm³/mol. The first-order chi connectivity index (χ1) is 12.0. The highest BCUT2D eigenvalue weighted by Crippen LogP contribution is 2.37. The lowest BCUT2D eigenvalue weighted by molar-refractivity contribution is -0.132. The van der Waals surface area contributed by atoms with E-state index >= 15 is 0 Å². The minimum atomic E-state index is -0.224. The molecule has 0 unspecified atom stereocenters. The van der Waals surface area contributed by atoms with Crippen LogP contribution in [0, 0.1) is 0 Å². The number of carbonyl (C=O) groups excluding carboxylic acids is 2. The molecule has 2 fully saturated rings. The van der Waals surface area contributed by atoms with Crippen molar-refractivity contribution in [2.45, 2.75) is 57.0 Å². The molecule has 1 N–H and O–H groups in total. The maximum absolute atomic E-state index is 12.8. The zero-order valence-electron chi connectivity index (χ0n) is 14.5. The van der Waals surface area contributed by atoms with Gasteiger partial charge in [0.2, 0.25) is 11.8 Å². The number of para-hydroxylation sites is 1. The Balaban J connectivity index is 1.45. The summed E-state index contributed by atoms with van der Waals surface area (Å²) in [6, 6.07) is 8.25. The molecule has 5 nitrogen and oxygen atoms in total. The highest BCUT2D eigenvalue weighted by Gasteiger charge is 2.36. The molecule has 2 saturated heterocycles. The first-order valence-corrected chi connectivity index (χ1v) is 9.82. The van der Waals surface area contributed by atoms with Crippen LogP contribution in [-0.4, -0.2) is 33.8 Å². The van der Waals surface area contributed by atoms with Gasteiger partial charge in [0.15, 0.2) is 0 Å². The summed E-state index contributed by atoms with van der Waals surface area (Å²) in [5.41, 5.74) is 0.792. The van der Waals surface area contributed by atoms with Crippen LogP contribution in [0.3, 0.4) is 0 Å². The summed E-state index contributed by atoms with van der Waals surface area (Å²) in [6.45, 7) is 2.85. The van der Waals surface area contributed by atoms with E-state index in [9.17, 15) is 9.59 Å². The molecular formula is C19H23N3O2S. The van der Waals surface area contributed by atoms with Gasteiger partial charge in [-0.25, -0.2) is 4.98 Å². The third kappa shape index (κ3) is 3.27. The van der Waals surface area contributed by atoms with Crippen LogP contribution in [0.15, 0.2) is 24.3 Å². The van der Waals surface area contributed by atoms with E-state index < -0.39 is 0 Å². The fourth-order valence-corrected chi connectivity index (χ4v) is 5.03. The third-order valence-corrected chi connectivity index (χ3v) is 6.54. The fourth-order valence-electron chi connectivity index (χ4n) is 3.92. The average molecular weight is 357 g/mol. The Kier molecular flexibility index (Phi) is 4.23. The van der Waals surface area contributed by atoms with Crippen LogP contribution >= 0.6 is 11.3 Å². The molecule has 0 spiro atoms. The molecule has 2 aliphatic heterocycles. The number of fused-ring (bicyclic) bond motifs is 1. The molecule has 0 aliphatic carbocycles. The van der Waals surface area contributed by atoms with Crippen molar-refractivity contribution in [3.63, 3.8) is 0 Å². The van der Waals surface area contributed by atoms with Gasteiger partial charge in [-0.1, -0.05) is 12.1 Å². The van der Waals surface area contributed by atoms with Crippen molar-refractivity contribution in [1.82, 2.24) is 15.2 Å². The number of nitrogens with zero attached hydrogens (tertiary/aromatic N) is 2. The molecule has 6 heteroatoms. The van der Waals surface area contributed by atoms with Crippen molar-refractivity contribution in [2.75, 3.05) is 6.54 Å². The zero-order chi connectivity index (χ0) is 17.4. The smallest absolute Gasteiger partial charge is 0.223 e. The molecule has 132 valence electrons. The van der Waals surface area contributed by atoms with Crippen molar-refractivity contribution in [3.8, 4) is 0 Å². The highest BCUT2D eigenvalue weighted by atomic mass is 32.1. The Morgan fingerprint density at radius 3 is 3.04 bits per heavy atom. The number of hydrogen-bond acceptors (Lipinski definition) is 4. The zero-order valence-corrected chi connectivity index (χ0v) is 15.3. The number of carbonyl (C=O) groups is 2. The van der Waals surface area contributed by atoms with Crippen molar-refractivity contribution in [1.29, 1.82) is 0 Å². The molecule has 0 bridgehead atoms. The van der Waals surface area contributed by atoms with E-state index in [4.69, 9.17) is 4.98 Å². The van der Waals surface area contributed by atoms with E-state index in [0.29, 0.717) is 19.3 Å². The van der Waals surface area contributed by atoms with E-state index in [1.807, 2.05) is 30.0 Å². The van der Waals surface area contributed by atoms with E-state index in [1.54, 1.807) is 11.3 Å². The van der Waals surface area contributed by atoms with Gasteiger partial charge in [0.05, 0.1) is 16.3 Å². The predicted octanol–water partition coefficient (Wildman–Crippen LogP) is 3.41. The molecule has 3 heterocycles. The summed E-state index contributed by atoms with van der Waals surface area (Å²) in [4.78, 5) is 31.0. The van der Waals surface area contributed by atoms with E-state index in [0.717, 1.165) is 36.3 Å². The van der Waals surface area contributed by atoms with E-state index in [2.05, 4.69) is 11.4 Å². The summed E-state index contributed by atoms with van der Waals surface area (Å²) in [5, 5.41) is 4.07. The number of likely N-dealkylation sites (tertiary alicyclic amines) is 1. The lowest BCUT2D eigenvalue weighted by atomic mass is 9.94. The van der Waals surface area contributed by atoms with Crippen LogP contribution in [-0.2, 0) is 9.59 Å². The summed E-state index contributed by atoms with van der Waals surface area (Å²) < 4.78 is 1.18. The quantitative estimate of drug-likeness (QED) is 0.912. The number of benzene rings is 1. The first kappa shape index (κ1) is 16.5. The Hall–Kier alpha value is -1.95. The average Bonchev–Trinajstić information content (AvgIpc) is 3.30. The number of amides is 2. The van der Waals surface area contributed by atoms with Crippen molar-refractivity contribution < 1.29 is 9.59 Å². The molecule has 2 aromatic rings. The molecule has 0 radical (unpaired) electrons. The van der Waals surface area contributed by atoms with Crippen LogP contribution in [0.2, 0.25) is 0 Å². The number of aromatic nitrogens is 1. The van der Waals surface area contributed by atoms with Gasteiger partial charge in [-0.2, -0.15) is 0 Å². The van der Waals surface area contributed by atoms with Crippen LogP contribution in [0.5, 0.6) is 0 Å². The van der Waals surface area contributed by atoms with Crippen molar-refractivity contribution in [2.24, 2.45) is 0 Å². The maximum Gasteiger partial charge on any atom is 0.223 e. The van der Waals surface area contributed by atoms with Gasteiger partial charge in [0, 0.05) is 24.9 Å². The maximum atomic E-state index is 12.8. The lowest BCUT2D eigenvalue weighted by Crippen LogP contribution is -2.40. The minimum Gasteiger partial charge on any atom is -0.351 e. The number of nitrogens with one attached hydrogen (secondary N) is 1. The summed E-state index contributed by atoms with van der Waals surface area (Å²) in [5.74, 6) is 0.285. The molecule has 2 aliphatic rings. The minimum absolute atomic E-state index is 0.100. The largest absolute Gasteiger partial charge is 0.351 e. The SMILES string of the molecule is C[C@@]1(CCC(=O)N2CCC[C@@H]2c2nc3ccccc3s2)CCC(=O)N1. The van der Waals surface area contributed by atoms with Crippen LogP contribution in [0.4, 0.5) is 0 Å². The van der Waals surface area contributed by atoms with Gasteiger partial charge in [0.25, 0.3) is 0 Å². The fraction of sp³-hybridized carbons (Fsp3) is 0.526. The monoisotopic (exact) mass is 357 g/mol. The summed E-state index contributed by atoms with van der Waals surface area (Å²) >= 11 is 1.70. The first-order valence-electron chi connectivity index (χ1n) is 9.00. The molecule has 1 aromatic carbocycles. The lowest BCUT2D eigenvalue weighted by Gasteiger charge is -2.27. The second-order valence-corrected chi connectivity index (χ2v) is 8.44. The van der Waals surface area contributed by atoms with Crippen LogP contribution in [0.25, 0.3) is 10.2 Å². The van der Waals surface area contributed by atoms with Gasteiger partial charge >= 0.3 is 0 Å². The topological polar surface area (TPSA) is 62.3 Å². The van der Waals surface area contributed by atoms with Gasteiger partial charge in [0.1, 0.15) is 5.01 Å². The Morgan fingerprint density at radius 1 is 1.44 bits per heavy atom. The van der Waals surface area contributed by atoms with Gasteiger partial charge in [-0.05, 0) is 44.7 Å². The molecule has 2 atom stereocenters. The van der Waals surface area contributed by atoms with E-state index in [1.165, 1.54) is 4.70 Å². The van der Waals surface area contributed by atoms with Crippen LogP contribution in [0.1, 0.15) is 56.5 Å². The Bertz CT molecular complexity index is 785.